The van der Waals surface area contributed by atoms with Crippen LogP contribution in [0.4, 0.5) is 0 Å². The van der Waals surface area contributed by atoms with Gasteiger partial charge in [0.1, 0.15) is 0 Å². The van der Waals surface area contributed by atoms with Gasteiger partial charge in [0.15, 0.2) is 0 Å². The van der Waals surface area contributed by atoms with Gasteiger partial charge in [-0.1, -0.05) is 38.1 Å². The van der Waals surface area contributed by atoms with E-state index in [1.807, 2.05) is 0 Å². The van der Waals surface area contributed by atoms with E-state index >= 15 is 0 Å². The Labute approximate surface area is 110 Å². The van der Waals surface area contributed by atoms with Crippen molar-refractivity contribution < 1.29 is 5.11 Å². The Bertz CT molecular complexity index is 390. The van der Waals surface area contributed by atoms with Crippen LogP contribution >= 0.6 is 0 Å². The largest absolute Gasteiger partial charge is 0.393 e. The third-order valence-corrected chi connectivity index (χ3v) is 5.16. The summed E-state index contributed by atoms with van der Waals surface area (Å²) >= 11 is 0. The van der Waals surface area contributed by atoms with Crippen molar-refractivity contribution in [1.82, 2.24) is 0 Å². The van der Waals surface area contributed by atoms with E-state index in [2.05, 4.69) is 38.1 Å². The Morgan fingerprint density at radius 3 is 1.94 bits per heavy atom. The molecule has 2 aliphatic carbocycles. The zero-order valence-corrected chi connectivity index (χ0v) is 11.5. The quantitative estimate of drug-likeness (QED) is 0.845. The molecule has 0 radical (unpaired) electrons. The SMILES string of the molecule is CC(C)C(O)C1C2CCC1Cc1ccccc1C2. The number of hydrogen-bond acceptors (Lipinski definition) is 1. The van der Waals surface area contributed by atoms with Crippen LogP contribution in [-0.4, -0.2) is 11.2 Å². The Hall–Kier alpha value is -0.820. The smallest absolute Gasteiger partial charge is 0.0596 e. The molecule has 1 heteroatoms. The van der Waals surface area contributed by atoms with E-state index in [-0.39, 0.29) is 6.10 Å². The Balaban J connectivity index is 1.91. The van der Waals surface area contributed by atoms with Gasteiger partial charge in [0, 0.05) is 0 Å². The van der Waals surface area contributed by atoms with Crippen LogP contribution in [-0.2, 0) is 12.8 Å². The number of aliphatic hydroxyl groups is 1. The summed E-state index contributed by atoms with van der Waals surface area (Å²) in [4.78, 5) is 0. The van der Waals surface area contributed by atoms with Crippen LogP contribution in [0.15, 0.2) is 24.3 Å². The first-order valence-electron chi connectivity index (χ1n) is 7.41. The highest BCUT2D eigenvalue weighted by Gasteiger charge is 2.43. The predicted molar refractivity (Wildman–Crippen MR) is 74.4 cm³/mol. The highest BCUT2D eigenvalue weighted by atomic mass is 16.3. The number of rotatable bonds is 2. The van der Waals surface area contributed by atoms with Crippen LogP contribution in [0.1, 0.15) is 37.8 Å². The Kier molecular flexibility index (Phi) is 3.19. The highest BCUT2D eigenvalue weighted by Crippen LogP contribution is 2.46. The van der Waals surface area contributed by atoms with Crippen molar-refractivity contribution in [3.8, 4) is 0 Å². The van der Waals surface area contributed by atoms with Gasteiger partial charge in [-0.25, -0.2) is 0 Å². The number of aliphatic hydroxyl groups excluding tert-OH is 1. The first-order valence-corrected chi connectivity index (χ1v) is 7.41. The average molecular weight is 244 g/mol. The fraction of sp³-hybridized carbons (Fsp3) is 0.647. The summed E-state index contributed by atoms with van der Waals surface area (Å²) in [5.41, 5.74) is 3.07. The molecule has 3 unspecified atom stereocenters. The van der Waals surface area contributed by atoms with Crippen molar-refractivity contribution >= 4 is 0 Å². The minimum absolute atomic E-state index is 0.114. The molecule has 1 aromatic carbocycles. The number of hydrogen-bond donors (Lipinski definition) is 1. The molecule has 0 saturated heterocycles. The topological polar surface area (TPSA) is 20.2 Å². The van der Waals surface area contributed by atoms with Crippen LogP contribution in [0.5, 0.6) is 0 Å². The predicted octanol–water partition coefficient (Wildman–Crippen LogP) is 3.44. The van der Waals surface area contributed by atoms with Gasteiger partial charge in [-0.3, -0.25) is 0 Å². The Morgan fingerprint density at radius 2 is 1.50 bits per heavy atom. The lowest BCUT2D eigenvalue weighted by Gasteiger charge is -2.30. The lowest BCUT2D eigenvalue weighted by molar-refractivity contribution is 0.0268. The van der Waals surface area contributed by atoms with Gasteiger partial charge >= 0.3 is 0 Å². The van der Waals surface area contributed by atoms with Gasteiger partial charge < -0.3 is 5.11 Å². The third-order valence-electron chi connectivity index (χ3n) is 5.16. The molecule has 2 aliphatic rings. The van der Waals surface area contributed by atoms with Crippen LogP contribution in [0.2, 0.25) is 0 Å². The van der Waals surface area contributed by atoms with Crippen molar-refractivity contribution in [2.24, 2.45) is 23.7 Å². The summed E-state index contributed by atoms with van der Waals surface area (Å²) in [6, 6.07) is 8.89. The van der Waals surface area contributed by atoms with Crippen LogP contribution in [0.3, 0.4) is 0 Å². The fourth-order valence-electron chi connectivity index (χ4n) is 4.20. The zero-order chi connectivity index (χ0) is 12.7. The lowest BCUT2D eigenvalue weighted by Crippen LogP contribution is -2.33. The molecule has 1 nitrogen and oxygen atoms in total. The van der Waals surface area contributed by atoms with Gasteiger partial charge in [0.05, 0.1) is 6.10 Å². The maximum atomic E-state index is 10.5. The molecule has 1 aromatic rings. The molecule has 0 aliphatic heterocycles. The summed E-state index contributed by atoms with van der Waals surface area (Å²) in [6.45, 7) is 4.31. The van der Waals surface area contributed by atoms with Gasteiger partial charge in [0.25, 0.3) is 0 Å². The normalized spacial score (nSPS) is 32.1. The molecule has 1 N–H and O–H groups in total. The summed E-state index contributed by atoms with van der Waals surface area (Å²) in [5, 5.41) is 10.5. The minimum atomic E-state index is -0.114. The standard InChI is InChI=1S/C17H24O/c1-11(2)17(18)16-14-7-8-15(16)10-13-6-4-3-5-12(13)9-14/h3-6,11,14-18H,7-10H2,1-2H3. The molecular weight excluding hydrogens is 220 g/mol. The van der Waals surface area contributed by atoms with Crippen molar-refractivity contribution in [3.05, 3.63) is 35.4 Å². The maximum Gasteiger partial charge on any atom is 0.0596 e. The summed E-state index contributed by atoms with van der Waals surface area (Å²) < 4.78 is 0. The zero-order valence-electron chi connectivity index (χ0n) is 11.5. The monoisotopic (exact) mass is 244 g/mol. The fourth-order valence-corrected chi connectivity index (χ4v) is 4.20. The van der Waals surface area contributed by atoms with Gasteiger partial charge in [0.2, 0.25) is 0 Å². The van der Waals surface area contributed by atoms with E-state index < -0.39 is 0 Å². The van der Waals surface area contributed by atoms with Crippen molar-refractivity contribution in [3.63, 3.8) is 0 Å². The first-order chi connectivity index (χ1) is 8.66. The lowest BCUT2D eigenvalue weighted by atomic mass is 9.79. The molecular formula is C17H24O. The summed E-state index contributed by atoms with van der Waals surface area (Å²) in [7, 11) is 0. The second-order valence-corrected chi connectivity index (χ2v) is 6.59. The van der Waals surface area contributed by atoms with E-state index in [0.717, 1.165) is 0 Å². The molecule has 0 spiro atoms. The molecule has 1 fully saturated rings. The average Bonchev–Trinajstić information content (AvgIpc) is 2.64. The van der Waals surface area contributed by atoms with Crippen LogP contribution in [0, 0.1) is 23.7 Å². The van der Waals surface area contributed by atoms with Crippen molar-refractivity contribution in [2.45, 2.75) is 45.6 Å². The molecule has 3 rings (SSSR count). The Morgan fingerprint density at radius 1 is 1.00 bits per heavy atom. The second kappa shape index (κ2) is 4.70. The molecule has 98 valence electrons. The third kappa shape index (κ3) is 1.99. The summed E-state index contributed by atoms with van der Waals surface area (Å²) in [6.07, 6.45) is 4.88. The minimum Gasteiger partial charge on any atom is -0.393 e. The van der Waals surface area contributed by atoms with Crippen molar-refractivity contribution in [1.29, 1.82) is 0 Å². The van der Waals surface area contributed by atoms with E-state index in [1.165, 1.54) is 36.8 Å². The van der Waals surface area contributed by atoms with E-state index in [1.54, 1.807) is 0 Å². The van der Waals surface area contributed by atoms with Gasteiger partial charge in [-0.05, 0) is 60.5 Å². The molecule has 3 atom stereocenters. The van der Waals surface area contributed by atoms with Gasteiger partial charge in [-0.2, -0.15) is 0 Å². The van der Waals surface area contributed by atoms with E-state index in [0.29, 0.717) is 23.7 Å². The number of fused-ring (bicyclic) bond motifs is 3. The molecule has 2 bridgehead atoms. The van der Waals surface area contributed by atoms with Crippen LogP contribution in [0.25, 0.3) is 0 Å². The molecule has 0 heterocycles. The molecule has 0 aromatic heterocycles. The van der Waals surface area contributed by atoms with E-state index in [9.17, 15) is 5.11 Å². The molecule has 1 saturated carbocycles. The summed E-state index contributed by atoms with van der Waals surface area (Å²) in [5.74, 6) is 2.32. The second-order valence-electron chi connectivity index (χ2n) is 6.59. The highest BCUT2D eigenvalue weighted by molar-refractivity contribution is 5.30. The van der Waals surface area contributed by atoms with Gasteiger partial charge in [-0.15, -0.1) is 0 Å². The molecule has 18 heavy (non-hydrogen) atoms. The van der Waals surface area contributed by atoms with E-state index in [4.69, 9.17) is 0 Å². The first kappa shape index (κ1) is 12.2. The molecule has 0 amide bonds. The van der Waals surface area contributed by atoms with Crippen LogP contribution < -0.4 is 0 Å². The van der Waals surface area contributed by atoms with Crippen molar-refractivity contribution in [2.75, 3.05) is 0 Å². The maximum absolute atomic E-state index is 10.5. The number of benzene rings is 1.